The van der Waals surface area contributed by atoms with Crippen molar-refractivity contribution >= 4 is 17.4 Å². The third kappa shape index (κ3) is 3.36. The van der Waals surface area contributed by atoms with Crippen LogP contribution < -0.4 is 5.32 Å². The molecule has 2 heterocycles. The van der Waals surface area contributed by atoms with E-state index in [1.165, 1.54) is 29.2 Å². The Bertz CT molecular complexity index is 817. The molecule has 1 aromatic heterocycles. The van der Waals surface area contributed by atoms with Gasteiger partial charge in [-0.1, -0.05) is 0 Å². The van der Waals surface area contributed by atoms with Crippen molar-refractivity contribution in [1.82, 2.24) is 19.7 Å². The van der Waals surface area contributed by atoms with Crippen molar-refractivity contribution in [3.8, 4) is 0 Å². The molecule has 2 amide bonds. The summed E-state index contributed by atoms with van der Waals surface area (Å²) in [5, 5.41) is 19.7. The number of nitrogens with one attached hydrogen (secondary N) is 1. The van der Waals surface area contributed by atoms with Gasteiger partial charge in [0.1, 0.15) is 0 Å². The van der Waals surface area contributed by atoms with E-state index in [1.54, 1.807) is 0 Å². The maximum absolute atomic E-state index is 12.8. The van der Waals surface area contributed by atoms with Crippen molar-refractivity contribution in [1.29, 1.82) is 0 Å². The lowest BCUT2D eigenvalue weighted by atomic mass is 10.3. The number of non-ortho nitro benzene ring substituents is 1. The lowest BCUT2D eigenvalue weighted by molar-refractivity contribution is -0.384. The maximum atomic E-state index is 12.8. The van der Waals surface area contributed by atoms with Gasteiger partial charge in [-0.3, -0.25) is 10.1 Å². The molecule has 1 aliphatic heterocycles. The first-order valence-corrected chi connectivity index (χ1v) is 7.05. The molecule has 0 fully saturated rings. The van der Waals surface area contributed by atoms with E-state index < -0.39 is 23.0 Å². The van der Waals surface area contributed by atoms with Crippen LogP contribution in [-0.2, 0) is 19.3 Å². The predicted octanol–water partition coefficient (Wildman–Crippen LogP) is 2.25. The molecule has 25 heavy (non-hydrogen) atoms. The number of hydrogen-bond acceptors (Lipinski definition) is 5. The number of urea groups is 1. The van der Waals surface area contributed by atoms with Crippen molar-refractivity contribution in [3.05, 3.63) is 46.0 Å². The van der Waals surface area contributed by atoms with Gasteiger partial charge >= 0.3 is 12.2 Å². The average Bonchev–Trinajstić information content (AvgIpc) is 2.98. The fourth-order valence-electron chi connectivity index (χ4n) is 2.41. The summed E-state index contributed by atoms with van der Waals surface area (Å²) in [4.78, 5) is 23.5. The van der Waals surface area contributed by atoms with Crippen molar-refractivity contribution in [2.45, 2.75) is 19.3 Å². The third-order valence-corrected chi connectivity index (χ3v) is 3.62. The van der Waals surface area contributed by atoms with Gasteiger partial charge in [-0.05, 0) is 12.1 Å². The number of nitrogens with zero attached hydrogens (tertiary/aromatic N) is 5. The molecule has 0 radical (unpaired) electrons. The van der Waals surface area contributed by atoms with Gasteiger partial charge in [0.25, 0.3) is 5.69 Å². The Morgan fingerprint density at radius 3 is 2.48 bits per heavy atom. The number of hydrogen-bond donors (Lipinski definition) is 1. The predicted molar refractivity (Wildman–Crippen MR) is 77.5 cm³/mol. The summed E-state index contributed by atoms with van der Waals surface area (Å²) in [5.74, 6) is -1.05. The third-order valence-electron chi connectivity index (χ3n) is 3.62. The fourth-order valence-corrected chi connectivity index (χ4v) is 2.41. The number of nitro groups is 1. The zero-order chi connectivity index (χ0) is 18.2. The highest BCUT2D eigenvalue weighted by Crippen LogP contribution is 2.29. The lowest BCUT2D eigenvalue weighted by Gasteiger charge is -2.28. The molecule has 12 heteroatoms. The van der Waals surface area contributed by atoms with Gasteiger partial charge in [0.05, 0.1) is 11.5 Å². The van der Waals surface area contributed by atoms with E-state index in [1.807, 2.05) is 0 Å². The minimum atomic E-state index is -4.60. The number of amides is 2. The van der Waals surface area contributed by atoms with Crippen LogP contribution >= 0.6 is 0 Å². The average molecular weight is 356 g/mol. The number of rotatable bonds is 2. The Morgan fingerprint density at radius 1 is 1.20 bits per heavy atom. The SMILES string of the molecule is O=C(Nc1ccc([N+](=O)[O-])cc1)N1CCn2c(nnc2C(F)(F)F)C1. The number of nitro benzene ring substituents is 1. The van der Waals surface area contributed by atoms with Crippen LogP contribution in [0.15, 0.2) is 24.3 Å². The highest BCUT2D eigenvalue weighted by molar-refractivity contribution is 5.89. The van der Waals surface area contributed by atoms with Crippen LogP contribution in [0.5, 0.6) is 0 Å². The zero-order valence-corrected chi connectivity index (χ0v) is 12.5. The van der Waals surface area contributed by atoms with Crippen molar-refractivity contribution < 1.29 is 22.9 Å². The molecular weight excluding hydrogens is 345 g/mol. The van der Waals surface area contributed by atoms with Gasteiger partial charge in [0.2, 0.25) is 5.82 Å². The monoisotopic (exact) mass is 356 g/mol. The molecular formula is C13H11F3N6O3. The number of carbonyl (C=O) groups excluding carboxylic acids is 1. The number of anilines is 1. The zero-order valence-electron chi connectivity index (χ0n) is 12.5. The summed E-state index contributed by atoms with van der Waals surface area (Å²) >= 11 is 0. The van der Waals surface area contributed by atoms with E-state index in [9.17, 15) is 28.1 Å². The molecule has 1 aliphatic rings. The Labute approximate surface area is 138 Å². The molecule has 2 aromatic rings. The van der Waals surface area contributed by atoms with Gasteiger partial charge in [-0.2, -0.15) is 13.2 Å². The molecule has 132 valence electrons. The minimum Gasteiger partial charge on any atom is -0.315 e. The van der Waals surface area contributed by atoms with Crippen LogP contribution in [0.25, 0.3) is 0 Å². The lowest BCUT2D eigenvalue weighted by Crippen LogP contribution is -2.41. The Hall–Kier alpha value is -3.18. The first kappa shape index (κ1) is 16.7. The van der Waals surface area contributed by atoms with Gasteiger partial charge in [-0.25, -0.2) is 4.79 Å². The van der Waals surface area contributed by atoms with E-state index in [2.05, 4.69) is 15.5 Å². The molecule has 0 spiro atoms. The second kappa shape index (κ2) is 6.03. The minimum absolute atomic E-state index is 0.0393. The standard InChI is InChI=1S/C13H11F3N6O3/c14-13(15,16)11-19-18-10-7-20(5-6-21(10)11)12(23)17-8-1-3-9(4-2-8)22(24)25/h1-4H,5-7H2,(H,17,23). The molecule has 1 aromatic carbocycles. The second-order valence-electron chi connectivity index (χ2n) is 5.24. The topological polar surface area (TPSA) is 106 Å². The molecule has 0 bridgehead atoms. The van der Waals surface area contributed by atoms with Crippen LogP contribution in [0.1, 0.15) is 11.6 Å². The van der Waals surface area contributed by atoms with E-state index in [0.717, 1.165) is 4.57 Å². The highest BCUT2D eigenvalue weighted by atomic mass is 19.4. The summed E-state index contributed by atoms with van der Waals surface area (Å²) in [6.07, 6.45) is -4.60. The molecule has 1 N–H and O–H groups in total. The number of carbonyl (C=O) groups is 1. The largest absolute Gasteiger partial charge is 0.451 e. The van der Waals surface area contributed by atoms with Crippen LogP contribution in [0.4, 0.5) is 29.3 Å². The number of halogens is 3. The molecule has 3 rings (SSSR count). The van der Waals surface area contributed by atoms with Crippen LogP contribution in [0, 0.1) is 10.1 Å². The first-order chi connectivity index (χ1) is 11.8. The van der Waals surface area contributed by atoms with Crippen molar-refractivity contribution in [3.63, 3.8) is 0 Å². The Morgan fingerprint density at radius 2 is 1.88 bits per heavy atom. The van der Waals surface area contributed by atoms with E-state index in [-0.39, 0.29) is 31.1 Å². The highest BCUT2D eigenvalue weighted by Gasteiger charge is 2.39. The molecule has 0 atom stereocenters. The number of fused-ring (bicyclic) bond motifs is 1. The summed E-state index contributed by atoms with van der Waals surface area (Å²) in [5.41, 5.74) is 0.211. The van der Waals surface area contributed by atoms with E-state index >= 15 is 0 Å². The summed E-state index contributed by atoms with van der Waals surface area (Å²) < 4.78 is 39.3. The summed E-state index contributed by atoms with van der Waals surface area (Å²) in [7, 11) is 0. The van der Waals surface area contributed by atoms with Crippen LogP contribution in [0.2, 0.25) is 0 Å². The Balaban J connectivity index is 1.68. The number of benzene rings is 1. The normalized spacial score (nSPS) is 14.1. The van der Waals surface area contributed by atoms with Crippen molar-refractivity contribution in [2.24, 2.45) is 0 Å². The van der Waals surface area contributed by atoms with Crippen molar-refractivity contribution in [2.75, 3.05) is 11.9 Å². The Kier molecular flexibility index (Phi) is 4.02. The second-order valence-corrected chi connectivity index (χ2v) is 5.24. The molecule has 0 aliphatic carbocycles. The molecule has 0 saturated heterocycles. The summed E-state index contributed by atoms with van der Waals surface area (Å²) in [6.45, 7) is -0.153. The summed E-state index contributed by atoms with van der Waals surface area (Å²) in [6, 6.07) is 4.65. The molecule has 9 nitrogen and oxygen atoms in total. The quantitative estimate of drug-likeness (QED) is 0.656. The van der Waals surface area contributed by atoms with Crippen LogP contribution in [0.3, 0.4) is 0 Å². The van der Waals surface area contributed by atoms with Gasteiger partial charge < -0.3 is 14.8 Å². The number of aromatic nitrogens is 3. The van der Waals surface area contributed by atoms with Gasteiger partial charge in [0, 0.05) is 30.9 Å². The molecule has 0 saturated carbocycles. The van der Waals surface area contributed by atoms with E-state index in [4.69, 9.17) is 0 Å². The molecule has 0 unspecified atom stereocenters. The van der Waals surface area contributed by atoms with Gasteiger partial charge in [0.15, 0.2) is 5.82 Å². The smallest absolute Gasteiger partial charge is 0.315 e. The number of alkyl halides is 3. The first-order valence-electron chi connectivity index (χ1n) is 7.05. The maximum Gasteiger partial charge on any atom is 0.451 e. The van der Waals surface area contributed by atoms with Crippen LogP contribution in [-0.4, -0.2) is 37.2 Å². The van der Waals surface area contributed by atoms with Gasteiger partial charge in [-0.15, -0.1) is 10.2 Å². The van der Waals surface area contributed by atoms with E-state index in [0.29, 0.717) is 5.69 Å². The fraction of sp³-hybridized carbons (Fsp3) is 0.308.